The third-order valence-electron chi connectivity index (χ3n) is 3.77. The molecule has 0 saturated heterocycles. The topological polar surface area (TPSA) is 64.9 Å². The summed E-state index contributed by atoms with van der Waals surface area (Å²) in [6, 6.07) is 16.9. The number of benzene rings is 2. The molecule has 0 aliphatic rings. The van der Waals surface area contributed by atoms with Crippen LogP contribution in [0.5, 0.6) is 0 Å². The van der Waals surface area contributed by atoms with Crippen LogP contribution in [-0.4, -0.2) is 12.6 Å². The van der Waals surface area contributed by atoms with Gasteiger partial charge in [-0.2, -0.15) is 5.26 Å². The molecule has 0 spiro atoms. The van der Waals surface area contributed by atoms with Crippen LogP contribution in [0.2, 0.25) is 0 Å². The average molecular weight is 307 g/mol. The number of aryl methyl sites for hydroxylation is 1. The highest BCUT2D eigenvalue weighted by Crippen LogP contribution is 2.22. The minimum atomic E-state index is -0.278. The molecule has 0 bridgehead atoms. The van der Waals surface area contributed by atoms with E-state index in [1.807, 2.05) is 0 Å². The van der Waals surface area contributed by atoms with E-state index < -0.39 is 0 Å². The van der Waals surface area contributed by atoms with Gasteiger partial charge in [0.1, 0.15) is 0 Å². The molecule has 0 unspecified atom stereocenters. The van der Waals surface area contributed by atoms with Gasteiger partial charge in [-0.1, -0.05) is 49.7 Å². The SMILES string of the molecule is Cc1ccc(C(C)(C)CNC(=O)Nc2cccc(C#N)c2)cc1. The van der Waals surface area contributed by atoms with E-state index in [9.17, 15) is 4.79 Å². The monoisotopic (exact) mass is 307 g/mol. The minimum absolute atomic E-state index is 0.167. The molecule has 2 N–H and O–H groups in total. The van der Waals surface area contributed by atoms with Gasteiger partial charge in [-0.15, -0.1) is 0 Å². The Morgan fingerprint density at radius 3 is 2.52 bits per heavy atom. The molecule has 0 aliphatic heterocycles. The zero-order valence-corrected chi connectivity index (χ0v) is 13.7. The molecule has 118 valence electrons. The van der Waals surface area contributed by atoms with Crippen molar-refractivity contribution in [1.82, 2.24) is 5.32 Å². The van der Waals surface area contributed by atoms with Crippen LogP contribution in [0.1, 0.15) is 30.5 Å². The molecule has 0 heterocycles. The van der Waals surface area contributed by atoms with E-state index in [0.717, 1.165) is 0 Å². The number of carbonyl (C=O) groups excluding carboxylic acids is 1. The minimum Gasteiger partial charge on any atom is -0.337 e. The van der Waals surface area contributed by atoms with Crippen LogP contribution in [0.4, 0.5) is 10.5 Å². The van der Waals surface area contributed by atoms with Crippen LogP contribution >= 0.6 is 0 Å². The number of rotatable bonds is 4. The molecule has 0 saturated carbocycles. The van der Waals surface area contributed by atoms with Crippen molar-refractivity contribution in [3.8, 4) is 6.07 Å². The average Bonchev–Trinajstić information content (AvgIpc) is 2.54. The first kappa shape index (κ1) is 16.6. The number of hydrogen-bond acceptors (Lipinski definition) is 2. The molecule has 0 fully saturated rings. The molecular weight excluding hydrogens is 286 g/mol. The third-order valence-corrected chi connectivity index (χ3v) is 3.77. The summed E-state index contributed by atoms with van der Waals surface area (Å²) in [5.41, 5.74) is 3.35. The summed E-state index contributed by atoms with van der Waals surface area (Å²) in [6.07, 6.45) is 0. The lowest BCUT2D eigenvalue weighted by atomic mass is 9.84. The van der Waals surface area contributed by atoms with Gasteiger partial charge < -0.3 is 10.6 Å². The summed E-state index contributed by atoms with van der Waals surface area (Å²) in [5.74, 6) is 0. The Kier molecular flexibility index (Phi) is 5.02. The predicted molar refractivity (Wildman–Crippen MR) is 92.4 cm³/mol. The summed E-state index contributed by atoms with van der Waals surface area (Å²) >= 11 is 0. The second-order valence-corrected chi connectivity index (χ2v) is 6.25. The van der Waals surface area contributed by atoms with E-state index in [2.05, 4.69) is 61.7 Å². The largest absolute Gasteiger partial charge is 0.337 e. The van der Waals surface area contributed by atoms with E-state index in [-0.39, 0.29) is 11.4 Å². The number of nitrogens with one attached hydrogen (secondary N) is 2. The summed E-state index contributed by atoms with van der Waals surface area (Å²) in [5, 5.41) is 14.5. The van der Waals surface area contributed by atoms with Gasteiger partial charge in [0.25, 0.3) is 0 Å². The molecule has 2 aromatic carbocycles. The Labute approximate surface area is 137 Å². The van der Waals surface area contributed by atoms with Gasteiger partial charge in [0.2, 0.25) is 0 Å². The first-order valence-electron chi connectivity index (χ1n) is 7.53. The highest BCUT2D eigenvalue weighted by atomic mass is 16.2. The van der Waals surface area contributed by atoms with Crippen molar-refractivity contribution >= 4 is 11.7 Å². The van der Waals surface area contributed by atoms with E-state index in [0.29, 0.717) is 17.8 Å². The third kappa shape index (κ3) is 4.58. The molecule has 2 rings (SSSR count). The van der Waals surface area contributed by atoms with Crippen molar-refractivity contribution in [1.29, 1.82) is 5.26 Å². The lowest BCUT2D eigenvalue weighted by Crippen LogP contribution is -2.38. The fourth-order valence-corrected chi connectivity index (χ4v) is 2.25. The fraction of sp³-hybridized carbons (Fsp3) is 0.263. The van der Waals surface area contributed by atoms with Gasteiger partial charge in [-0.3, -0.25) is 0 Å². The maximum atomic E-state index is 12.0. The molecule has 23 heavy (non-hydrogen) atoms. The Bertz CT molecular complexity index is 727. The van der Waals surface area contributed by atoms with Crippen LogP contribution in [0.3, 0.4) is 0 Å². The molecule has 4 nitrogen and oxygen atoms in total. The number of urea groups is 1. The highest BCUT2D eigenvalue weighted by molar-refractivity contribution is 5.89. The van der Waals surface area contributed by atoms with Crippen molar-refractivity contribution < 1.29 is 4.79 Å². The number of hydrogen-bond donors (Lipinski definition) is 2. The standard InChI is InChI=1S/C19H21N3O/c1-14-7-9-16(10-8-14)19(2,3)13-21-18(23)22-17-6-4-5-15(11-17)12-20/h4-11H,13H2,1-3H3,(H2,21,22,23). The molecule has 2 amide bonds. The molecule has 0 atom stereocenters. The second-order valence-electron chi connectivity index (χ2n) is 6.25. The first-order chi connectivity index (χ1) is 10.9. The number of carbonyl (C=O) groups is 1. The summed E-state index contributed by atoms with van der Waals surface area (Å²) in [7, 11) is 0. The summed E-state index contributed by atoms with van der Waals surface area (Å²) in [4.78, 5) is 12.0. The molecule has 4 heteroatoms. The van der Waals surface area contributed by atoms with E-state index in [4.69, 9.17) is 5.26 Å². The lowest BCUT2D eigenvalue weighted by molar-refractivity contribution is 0.249. The van der Waals surface area contributed by atoms with E-state index in [1.165, 1.54) is 11.1 Å². The van der Waals surface area contributed by atoms with Gasteiger partial charge in [-0.25, -0.2) is 4.79 Å². The smallest absolute Gasteiger partial charge is 0.319 e. The van der Waals surface area contributed by atoms with Gasteiger partial charge >= 0.3 is 6.03 Å². The maximum absolute atomic E-state index is 12.0. The predicted octanol–water partition coefficient (Wildman–Crippen LogP) is 3.97. The summed E-state index contributed by atoms with van der Waals surface area (Å²) in [6.45, 7) is 6.75. The molecule has 0 aliphatic carbocycles. The molecule has 0 aromatic heterocycles. The Hall–Kier alpha value is -2.80. The maximum Gasteiger partial charge on any atom is 0.319 e. The van der Waals surface area contributed by atoms with Crippen molar-refractivity contribution in [2.45, 2.75) is 26.2 Å². The number of nitrogens with zero attached hydrogens (tertiary/aromatic N) is 1. The Morgan fingerprint density at radius 1 is 1.17 bits per heavy atom. The number of anilines is 1. The normalized spacial score (nSPS) is 10.7. The van der Waals surface area contributed by atoms with Crippen LogP contribution in [0, 0.1) is 18.3 Å². The van der Waals surface area contributed by atoms with Gasteiger partial charge in [0, 0.05) is 17.6 Å². The summed E-state index contributed by atoms with van der Waals surface area (Å²) < 4.78 is 0. The van der Waals surface area contributed by atoms with Crippen LogP contribution < -0.4 is 10.6 Å². The number of amides is 2. The molecule has 2 aromatic rings. The highest BCUT2D eigenvalue weighted by Gasteiger charge is 2.21. The van der Waals surface area contributed by atoms with Crippen molar-refractivity contribution in [2.24, 2.45) is 0 Å². The Morgan fingerprint density at radius 2 is 1.87 bits per heavy atom. The Balaban J connectivity index is 1.95. The van der Waals surface area contributed by atoms with Crippen LogP contribution in [0.15, 0.2) is 48.5 Å². The van der Waals surface area contributed by atoms with Gasteiger partial charge in [-0.05, 0) is 30.7 Å². The zero-order chi connectivity index (χ0) is 16.9. The molecule has 0 radical (unpaired) electrons. The van der Waals surface area contributed by atoms with Crippen molar-refractivity contribution in [3.05, 3.63) is 65.2 Å². The lowest BCUT2D eigenvalue weighted by Gasteiger charge is -2.26. The second kappa shape index (κ2) is 6.97. The molecular formula is C19H21N3O. The van der Waals surface area contributed by atoms with E-state index in [1.54, 1.807) is 24.3 Å². The van der Waals surface area contributed by atoms with Crippen LogP contribution in [-0.2, 0) is 5.41 Å². The van der Waals surface area contributed by atoms with Gasteiger partial charge in [0.15, 0.2) is 0 Å². The van der Waals surface area contributed by atoms with Crippen LogP contribution in [0.25, 0.3) is 0 Å². The van der Waals surface area contributed by atoms with E-state index >= 15 is 0 Å². The van der Waals surface area contributed by atoms with Gasteiger partial charge in [0.05, 0.1) is 11.6 Å². The fourth-order valence-electron chi connectivity index (χ4n) is 2.25. The number of nitriles is 1. The quantitative estimate of drug-likeness (QED) is 0.897. The van der Waals surface area contributed by atoms with Crippen molar-refractivity contribution in [2.75, 3.05) is 11.9 Å². The zero-order valence-electron chi connectivity index (χ0n) is 13.7. The van der Waals surface area contributed by atoms with Crippen molar-refractivity contribution in [3.63, 3.8) is 0 Å². The first-order valence-corrected chi connectivity index (χ1v) is 7.53.